The number of nitrogens with zero attached hydrogens (tertiary/aromatic N) is 1. The van der Waals surface area contributed by atoms with Crippen molar-refractivity contribution in [3.05, 3.63) is 95.6 Å². The fraction of sp³-hybridized carbons (Fsp3) is 0.160. The van der Waals surface area contributed by atoms with Crippen LogP contribution in [0.3, 0.4) is 0 Å². The number of amides is 4. The molecule has 0 aromatic heterocycles. The number of ether oxygens (including phenoxy) is 1. The molecule has 0 saturated carbocycles. The highest BCUT2D eigenvalue weighted by Gasteiger charge is 2.49. The van der Waals surface area contributed by atoms with Crippen molar-refractivity contribution in [1.82, 2.24) is 10.2 Å². The van der Waals surface area contributed by atoms with Gasteiger partial charge in [0.15, 0.2) is 0 Å². The summed E-state index contributed by atoms with van der Waals surface area (Å²) in [7, 11) is 1.55. The summed E-state index contributed by atoms with van der Waals surface area (Å²) >= 11 is 0. The van der Waals surface area contributed by atoms with E-state index in [0.717, 1.165) is 5.56 Å². The van der Waals surface area contributed by atoms with Gasteiger partial charge in [0.25, 0.3) is 11.8 Å². The Bertz CT molecular complexity index is 1160. The lowest BCUT2D eigenvalue weighted by Crippen LogP contribution is -2.40. The van der Waals surface area contributed by atoms with E-state index in [1.165, 1.54) is 4.90 Å². The molecular weight excluding hydrogens is 406 g/mol. The maximum atomic E-state index is 13.2. The standard InChI is InChI=1S/C25H23N3O4/c1-25(19-7-6-10-21(15-19)32-2)23(30)28(24(31)27-25)16-17-11-13-18(14-12-17)22(29)26-20-8-4-3-5-9-20/h3-15H,16H2,1-2H3,(H,26,29)(H,27,31)/t25-/m0/s1. The van der Waals surface area contributed by atoms with Crippen LogP contribution in [0.4, 0.5) is 10.5 Å². The second-order valence-corrected chi connectivity index (χ2v) is 7.70. The summed E-state index contributed by atoms with van der Waals surface area (Å²) in [6.45, 7) is 1.78. The van der Waals surface area contributed by atoms with Gasteiger partial charge in [0.05, 0.1) is 13.7 Å². The highest BCUT2D eigenvalue weighted by molar-refractivity contribution is 6.07. The first-order valence-corrected chi connectivity index (χ1v) is 10.1. The van der Waals surface area contributed by atoms with Gasteiger partial charge in [-0.15, -0.1) is 0 Å². The lowest BCUT2D eigenvalue weighted by Gasteiger charge is -2.22. The number of carbonyl (C=O) groups excluding carboxylic acids is 3. The van der Waals surface area contributed by atoms with E-state index >= 15 is 0 Å². The molecule has 0 spiro atoms. The minimum absolute atomic E-state index is 0.102. The van der Waals surface area contributed by atoms with Crippen molar-refractivity contribution in [2.75, 3.05) is 12.4 Å². The van der Waals surface area contributed by atoms with Crippen LogP contribution in [0.5, 0.6) is 5.75 Å². The summed E-state index contributed by atoms with van der Waals surface area (Å²) in [4.78, 5) is 39.4. The van der Waals surface area contributed by atoms with Crippen molar-refractivity contribution in [2.24, 2.45) is 0 Å². The second kappa shape index (κ2) is 8.55. The normalized spacial score (nSPS) is 17.8. The zero-order valence-corrected chi connectivity index (χ0v) is 17.8. The van der Waals surface area contributed by atoms with E-state index in [1.807, 2.05) is 30.3 Å². The van der Waals surface area contributed by atoms with E-state index in [2.05, 4.69) is 10.6 Å². The first kappa shape index (κ1) is 21.1. The molecule has 4 amide bonds. The van der Waals surface area contributed by atoms with Crippen molar-refractivity contribution in [3.63, 3.8) is 0 Å². The molecule has 3 aromatic rings. The minimum Gasteiger partial charge on any atom is -0.497 e. The zero-order valence-electron chi connectivity index (χ0n) is 17.8. The topological polar surface area (TPSA) is 87.7 Å². The molecule has 0 unspecified atom stereocenters. The smallest absolute Gasteiger partial charge is 0.325 e. The molecule has 1 saturated heterocycles. The number of urea groups is 1. The molecule has 3 aromatic carbocycles. The predicted octanol–water partition coefficient (Wildman–Crippen LogP) is 3.91. The van der Waals surface area contributed by atoms with Gasteiger partial charge in [-0.1, -0.05) is 42.5 Å². The van der Waals surface area contributed by atoms with Gasteiger partial charge in [0.2, 0.25) is 0 Å². The molecule has 162 valence electrons. The Hall–Kier alpha value is -4.13. The lowest BCUT2D eigenvalue weighted by atomic mass is 9.92. The highest BCUT2D eigenvalue weighted by Crippen LogP contribution is 2.31. The molecule has 1 aliphatic heterocycles. The van der Waals surface area contributed by atoms with Crippen LogP contribution in [0.15, 0.2) is 78.9 Å². The van der Waals surface area contributed by atoms with Gasteiger partial charge >= 0.3 is 6.03 Å². The quantitative estimate of drug-likeness (QED) is 0.582. The number of para-hydroxylation sites is 1. The molecule has 0 bridgehead atoms. The van der Waals surface area contributed by atoms with E-state index in [9.17, 15) is 14.4 Å². The van der Waals surface area contributed by atoms with Gasteiger partial charge in [-0.2, -0.15) is 0 Å². The molecule has 7 heteroatoms. The summed E-state index contributed by atoms with van der Waals surface area (Å²) in [5.74, 6) is 0.0265. The fourth-order valence-electron chi connectivity index (χ4n) is 3.64. The third kappa shape index (κ3) is 4.05. The Kier molecular flexibility index (Phi) is 5.64. The van der Waals surface area contributed by atoms with Gasteiger partial charge in [0.1, 0.15) is 11.3 Å². The van der Waals surface area contributed by atoms with E-state index in [1.54, 1.807) is 62.6 Å². The van der Waals surface area contributed by atoms with Crippen LogP contribution < -0.4 is 15.4 Å². The Balaban J connectivity index is 1.47. The average Bonchev–Trinajstić information content (AvgIpc) is 3.04. The van der Waals surface area contributed by atoms with Gasteiger partial charge in [0, 0.05) is 11.3 Å². The molecule has 4 rings (SSSR count). The molecule has 0 radical (unpaired) electrons. The maximum absolute atomic E-state index is 13.2. The van der Waals surface area contributed by atoms with Crippen LogP contribution in [0, 0.1) is 0 Å². The summed E-state index contributed by atoms with van der Waals surface area (Å²) < 4.78 is 5.24. The van der Waals surface area contributed by atoms with Crippen LogP contribution in [0.2, 0.25) is 0 Å². The predicted molar refractivity (Wildman–Crippen MR) is 120 cm³/mol. The van der Waals surface area contributed by atoms with Crippen molar-refractivity contribution in [3.8, 4) is 5.75 Å². The molecule has 2 N–H and O–H groups in total. The Morgan fingerprint density at radius 1 is 1.00 bits per heavy atom. The first-order valence-electron chi connectivity index (χ1n) is 10.1. The van der Waals surface area contributed by atoms with E-state index < -0.39 is 11.6 Å². The van der Waals surface area contributed by atoms with Gasteiger partial charge in [-0.05, 0) is 54.4 Å². The first-order chi connectivity index (χ1) is 15.4. The van der Waals surface area contributed by atoms with Gasteiger partial charge < -0.3 is 15.4 Å². The number of hydrogen-bond acceptors (Lipinski definition) is 4. The number of methoxy groups -OCH3 is 1. The van der Waals surface area contributed by atoms with Gasteiger partial charge in [-0.25, -0.2) is 4.79 Å². The lowest BCUT2D eigenvalue weighted by molar-refractivity contribution is -0.131. The van der Waals surface area contributed by atoms with Crippen LogP contribution in [-0.4, -0.2) is 29.9 Å². The molecule has 1 fully saturated rings. The minimum atomic E-state index is -1.18. The van der Waals surface area contributed by atoms with Crippen LogP contribution in [0.1, 0.15) is 28.4 Å². The third-order valence-electron chi connectivity index (χ3n) is 5.51. The van der Waals surface area contributed by atoms with Crippen molar-refractivity contribution in [1.29, 1.82) is 0 Å². The molecule has 1 aliphatic rings. The Labute approximate surface area is 186 Å². The van der Waals surface area contributed by atoms with Crippen molar-refractivity contribution < 1.29 is 19.1 Å². The average molecular weight is 429 g/mol. The van der Waals surface area contributed by atoms with Crippen LogP contribution in [-0.2, 0) is 16.9 Å². The van der Waals surface area contributed by atoms with Crippen molar-refractivity contribution in [2.45, 2.75) is 19.0 Å². The number of anilines is 1. The number of hydrogen-bond donors (Lipinski definition) is 2. The summed E-state index contributed by atoms with van der Waals surface area (Å²) in [6, 6.07) is 22.6. The molecule has 32 heavy (non-hydrogen) atoms. The molecule has 7 nitrogen and oxygen atoms in total. The molecule has 1 heterocycles. The number of benzene rings is 3. The highest BCUT2D eigenvalue weighted by atomic mass is 16.5. The summed E-state index contributed by atoms with van der Waals surface area (Å²) in [5, 5.41) is 5.62. The summed E-state index contributed by atoms with van der Waals surface area (Å²) in [5.41, 5.74) is 1.39. The van der Waals surface area contributed by atoms with Crippen LogP contribution >= 0.6 is 0 Å². The number of nitrogens with one attached hydrogen (secondary N) is 2. The second-order valence-electron chi connectivity index (χ2n) is 7.70. The fourth-order valence-corrected chi connectivity index (χ4v) is 3.64. The van der Waals surface area contributed by atoms with Crippen molar-refractivity contribution >= 4 is 23.5 Å². The Morgan fingerprint density at radius 2 is 1.72 bits per heavy atom. The van der Waals surface area contributed by atoms with Crippen LogP contribution in [0.25, 0.3) is 0 Å². The largest absolute Gasteiger partial charge is 0.497 e. The number of imide groups is 1. The van der Waals surface area contributed by atoms with E-state index in [4.69, 9.17) is 4.74 Å². The van der Waals surface area contributed by atoms with E-state index in [0.29, 0.717) is 22.6 Å². The zero-order chi connectivity index (χ0) is 22.7. The molecule has 1 atom stereocenters. The number of rotatable bonds is 6. The third-order valence-corrected chi connectivity index (χ3v) is 5.51. The summed E-state index contributed by atoms with van der Waals surface area (Å²) in [6.07, 6.45) is 0. The monoisotopic (exact) mass is 429 g/mol. The molecule has 0 aliphatic carbocycles. The SMILES string of the molecule is COc1cccc([C@]2(C)NC(=O)N(Cc3ccc(C(=O)Nc4ccccc4)cc3)C2=O)c1. The number of carbonyl (C=O) groups is 3. The molecular formula is C25H23N3O4. The van der Waals surface area contributed by atoms with Gasteiger partial charge in [-0.3, -0.25) is 14.5 Å². The Morgan fingerprint density at radius 3 is 2.41 bits per heavy atom. The van der Waals surface area contributed by atoms with E-state index in [-0.39, 0.29) is 18.4 Å². The maximum Gasteiger partial charge on any atom is 0.325 e.